The summed E-state index contributed by atoms with van der Waals surface area (Å²) in [6, 6.07) is 2.16. The van der Waals surface area contributed by atoms with Gasteiger partial charge >= 0.3 is 0 Å². The minimum atomic E-state index is 0.0528. The van der Waals surface area contributed by atoms with Crippen molar-refractivity contribution in [2.24, 2.45) is 0 Å². The molecule has 4 heteroatoms. The zero-order chi connectivity index (χ0) is 13.4. The van der Waals surface area contributed by atoms with E-state index in [4.69, 9.17) is 0 Å². The third-order valence-corrected chi connectivity index (χ3v) is 3.14. The Morgan fingerprint density at radius 3 is 2.83 bits per heavy atom. The molecule has 18 heavy (non-hydrogen) atoms. The molecule has 0 saturated heterocycles. The smallest absolute Gasteiger partial charge is 0.253 e. The van der Waals surface area contributed by atoms with E-state index >= 15 is 0 Å². The van der Waals surface area contributed by atoms with E-state index in [0.717, 1.165) is 44.5 Å². The van der Waals surface area contributed by atoms with Gasteiger partial charge in [0, 0.05) is 24.3 Å². The monoisotopic (exact) mass is 251 g/mol. The van der Waals surface area contributed by atoms with Crippen LogP contribution in [-0.2, 0) is 6.54 Å². The molecule has 0 aliphatic carbocycles. The van der Waals surface area contributed by atoms with Gasteiger partial charge in [-0.1, -0.05) is 13.8 Å². The van der Waals surface area contributed by atoms with E-state index in [1.165, 1.54) is 0 Å². The van der Waals surface area contributed by atoms with Crippen LogP contribution in [0.1, 0.15) is 45.2 Å². The number of nitrogens with zero attached hydrogens (tertiary/aromatic N) is 2. The van der Waals surface area contributed by atoms with Crippen molar-refractivity contribution in [3.63, 3.8) is 0 Å². The summed E-state index contributed by atoms with van der Waals surface area (Å²) in [4.78, 5) is 15.8. The molecule has 1 atom stereocenters. The molecule has 4 nitrogen and oxygen atoms in total. The van der Waals surface area contributed by atoms with Crippen molar-refractivity contribution in [3.8, 4) is 0 Å². The molecule has 1 heterocycles. The van der Waals surface area contributed by atoms with Gasteiger partial charge < -0.3 is 5.32 Å². The molecule has 1 N–H and O–H groups in total. The van der Waals surface area contributed by atoms with Gasteiger partial charge in [0.25, 0.3) is 5.56 Å². The van der Waals surface area contributed by atoms with Gasteiger partial charge in [0.2, 0.25) is 0 Å². The summed E-state index contributed by atoms with van der Waals surface area (Å²) in [5.74, 6) is 0. The molecule has 0 amide bonds. The average molecular weight is 251 g/mol. The van der Waals surface area contributed by atoms with Gasteiger partial charge in [-0.2, -0.15) is 0 Å². The van der Waals surface area contributed by atoms with Crippen molar-refractivity contribution in [2.45, 2.75) is 59.0 Å². The van der Waals surface area contributed by atoms with Crippen molar-refractivity contribution in [3.05, 3.63) is 28.4 Å². The normalized spacial score (nSPS) is 12.6. The fourth-order valence-electron chi connectivity index (χ4n) is 1.99. The summed E-state index contributed by atoms with van der Waals surface area (Å²) in [7, 11) is 0. The molecule has 0 fully saturated rings. The first-order valence-corrected chi connectivity index (χ1v) is 6.93. The predicted molar refractivity (Wildman–Crippen MR) is 74.8 cm³/mol. The van der Waals surface area contributed by atoms with E-state index in [0.29, 0.717) is 6.04 Å². The Labute approximate surface area is 109 Å². The van der Waals surface area contributed by atoms with Crippen LogP contribution in [-0.4, -0.2) is 22.1 Å². The zero-order valence-corrected chi connectivity index (χ0v) is 11.8. The molecule has 1 unspecified atom stereocenters. The molecule has 0 aliphatic rings. The maximum atomic E-state index is 11.7. The fourth-order valence-corrected chi connectivity index (χ4v) is 1.99. The summed E-state index contributed by atoms with van der Waals surface area (Å²) >= 11 is 0. The molecule has 1 rings (SSSR count). The lowest BCUT2D eigenvalue weighted by molar-refractivity contribution is 0.436. The van der Waals surface area contributed by atoms with E-state index in [1.54, 1.807) is 17.0 Å². The molecule has 0 saturated carbocycles. The summed E-state index contributed by atoms with van der Waals surface area (Å²) in [6.07, 6.45) is 6.08. The molecular formula is C14H25N3O. The fraction of sp³-hybridized carbons (Fsp3) is 0.714. The second-order valence-corrected chi connectivity index (χ2v) is 4.76. The molecule has 0 radical (unpaired) electrons. The van der Waals surface area contributed by atoms with E-state index in [-0.39, 0.29) is 5.56 Å². The van der Waals surface area contributed by atoms with E-state index in [1.807, 2.05) is 6.92 Å². The van der Waals surface area contributed by atoms with Gasteiger partial charge in [-0.25, -0.2) is 4.98 Å². The summed E-state index contributed by atoms with van der Waals surface area (Å²) in [5.41, 5.74) is 0.837. The van der Waals surface area contributed by atoms with Crippen molar-refractivity contribution in [2.75, 3.05) is 6.54 Å². The first-order valence-electron chi connectivity index (χ1n) is 6.93. The van der Waals surface area contributed by atoms with E-state index < -0.39 is 0 Å². The Balaban J connectivity index is 2.38. The second kappa shape index (κ2) is 8.03. The van der Waals surface area contributed by atoms with Crippen LogP contribution in [0.3, 0.4) is 0 Å². The lowest BCUT2D eigenvalue weighted by Gasteiger charge is -2.16. The highest BCUT2D eigenvalue weighted by molar-refractivity contribution is 4.95. The quantitative estimate of drug-likeness (QED) is 0.769. The van der Waals surface area contributed by atoms with Gasteiger partial charge in [0.1, 0.15) is 0 Å². The minimum absolute atomic E-state index is 0.0528. The Hall–Kier alpha value is -1.16. The summed E-state index contributed by atoms with van der Waals surface area (Å²) in [6.45, 7) is 8.05. The van der Waals surface area contributed by atoms with Crippen LogP contribution in [0.25, 0.3) is 0 Å². The number of rotatable bonds is 8. The lowest BCUT2D eigenvalue weighted by Crippen LogP contribution is -2.29. The van der Waals surface area contributed by atoms with Crippen LogP contribution in [0.5, 0.6) is 0 Å². The molecular weight excluding hydrogens is 226 g/mol. The highest BCUT2D eigenvalue weighted by atomic mass is 16.1. The Morgan fingerprint density at radius 2 is 2.22 bits per heavy atom. The first kappa shape index (κ1) is 14.9. The predicted octanol–water partition coefficient (Wildman–Crippen LogP) is 2.11. The molecule has 1 aromatic heterocycles. The van der Waals surface area contributed by atoms with Gasteiger partial charge in [0.05, 0.1) is 6.33 Å². The number of hydrogen-bond donors (Lipinski definition) is 1. The van der Waals surface area contributed by atoms with Gasteiger partial charge in [-0.05, 0) is 39.2 Å². The number of nitrogens with one attached hydrogen (secondary N) is 1. The molecule has 1 aromatic rings. The van der Waals surface area contributed by atoms with Crippen LogP contribution in [0, 0.1) is 6.92 Å². The lowest BCUT2D eigenvalue weighted by atomic mass is 10.1. The van der Waals surface area contributed by atoms with Gasteiger partial charge in [-0.3, -0.25) is 9.36 Å². The standard InChI is InChI=1S/C14H25N3O/c1-4-8-15-13(5-2)7-6-9-17-11-16-12(3)10-14(17)18/h10-11,13,15H,4-9H2,1-3H3. The third-order valence-electron chi connectivity index (χ3n) is 3.14. The Kier molecular flexibility index (Phi) is 6.65. The zero-order valence-electron chi connectivity index (χ0n) is 11.8. The van der Waals surface area contributed by atoms with Crippen molar-refractivity contribution >= 4 is 0 Å². The van der Waals surface area contributed by atoms with Crippen LogP contribution in [0.4, 0.5) is 0 Å². The van der Waals surface area contributed by atoms with Crippen LogP contribution >= 0.6 is 0 Å². The van der Waals surface area contributed by atoms with Gasteiger partial charge in [0.15, 0.2) is 0 Å². The second-order valence-electron chi connectivity index (χ2n) is 4.76. The highest BCUT2D eigenvalue weighted by Gasteiger charge is 2.05. The molecule has 0 aliphatic heterocycles. The van der Waals surface area contributed by atoms with Crippen LogP contribution in [0.2, 0.25) is 0 Å². The summed E-state index contributed by atoms with van der Waals surface area (Å²) < 4.78 is 1.69. The number of hydrogen-bond acceptors (Lipinski definition) is 3. The first-order chi connectivity index (χ1) is 8.67. The Bertz CT molecular complexity index is 400. The van der Waals surface area contributed by atoms with E-state index in [9.17, 15) is 4.79 Å². The highest BCUT2D eigenvalue weighted by Crippen LogP contribution is 2.03. The molecule has 0 aromatic carbocycles. The summed E-state index contributed by atoms with van der Waals surface area (Å²) in [5, 5.41) is 3.53. The third kappa shape index (κ3) is 5.00. The van der Waals surface area contributed by atoms with Crippen molar-refractivity contribution in [1.82, 2.24) is 14.9 Å². The minimum Gasteiger partial charge on any atom is -0.314 e. The van der Waals surface area contributed by atoms with E-state index in [2.05, 4.69) is 24.1 Å². The van der Waals surface area contributed by atoms with Crippen molar-refractivity contribution in [1.29, 1.82) is 0 Å². The van der Waals surface area contributed by atoms with Crippen molar-refractivity contribution < 1.29 is 0 Å². The number of aromatic nitrogens is 2. The largest absolute Gasteiger partial charge is 0.314 e. The molecule has 0 bridgehead atoms. The maximum absolute atomic E-state index is 11.7. The molecule has 102 valence electrons. The molecule has 0 spiro atoms. The topological polar surface area (TPSA) is 46.9 Å². The van der Waals surface area contributed by atoms with Crippen LogP contribution < -0.4 is 10.9 Å². The number of aryl methyl sites for hydroxylation is 2. The van der Waals surface area contributed by atoms with Crippen LogP contribution in [0.15, 0.2) is 17.2 Å². The van der Waals surface area contributed by atoms with Gasteiger partial charge in [-0.15, -0.1) is 0 Å². The SMILES string of the molecule is CCCNC(CC)CCCn1cnc(C)cc1=O. The maximum Gasteiger partial charge on any atom is 0.253 e. The Morgan fingerprint density at radius 1 is 1.44 bits per heavy atom. The average Bonchev–Trinajstić information content (AvgIpc) is 2.36.